The number of aromatic nitrogens is 2. The molecule has 0 aliphatic heterocycles. The maximum absolute atomic E-state index is 12.5. The topological polar surface area (TPSA) is 111 Å². The highest BCUT2D eigenvalue weighted by atomic mass is 32.2. The number of nitrogens with zero attached hydrogens (tertiary/aromatic N) is 2. The van der Waals surface area contributed by atoms with E-state index in [1.807, 2.05) is 0 Å². The van der Waals surface area contributed by atoms with Gasteiger partial charge < -0.3 is 9.84 Å². The van der Waals surface area contributed by atoms with Crippen LogP contribution in [0, 0.1) is 13.8 Å². The molecule has 3 aromatic rings. The van der Waals surface area contributed by atoms with Crippen LogP contribution in [0.1, 0.15) is 21.7 Å². The molecule has 2 N–H and O–H groups in total. The first-order valence-electron chi connectivity index (χ1n) is 8.30. The van der Waals surface area contributed by atoms with Gasteiger partial charge in [-0.3, -0.25) is 4.72 Å². The Kier molecular flexibility index (Phi) is 5.10. The van der Waals surface area contributed by atoms with Crippen molar-refractivity contribution in [1.82, 2.24) is 9.78 Å². The third-order valence-electron chi connectivity index (χ3n) is 4.24. The van der Waals surface area contributed by atoms with E-state index in [1.54, 1.807) is 50.2 Å². The summed E-state index contributed by atoms with van der Waals surface area (Å²) in [5, 5.41) is 13.5. The highest BCUT2D eigenvalue weighted by Gasteiger charge is 2.19. The minimum absolute atomic E-state index is 0.113. The van der Waals surface area contributed by atoms with Gasteiger partial charge in [0.1, 0.15) is 11.3 Å². The van der Waals surface area contributed by atoms with Crippen LogP contribution in [0.4, 0.5) is 5.69 Å². The highest BCUT2D eigenvalue weighted by Crippen LogP contribution is 2.22. The Labute approximate surface area is 162 Å². The maximum Gasteiger partial charge on any atom is 0.339 e. The molecule has 3 rings (SSSR count). The van der Waals surface area contributed by atoms with Crippen LogP contribution >= 0.6 is 0 Å². The van der Waals surface area contributed by atoms with Crippen molar-refractivity contribution >= 4 is 21.7 Å². The van der Waals surface area contributed by atoms with Crippen LogP contribution in [0.15, 0.2) is 53.4 Å². The fraction of sp³-hybridized carbons (Fsp3) is 0.158. The number of carbonyl (C=O) groups is 1. The second-order valence-electron chi connectivity index (χ2n) is 6.09. The molecule has 0 atom stereocenters. The average Bonchev–Trinajstić information content (AvgIpc) is 2.96. The monoisotopic (exact) mass is 401 g/mol. The van der Waals surface area contributed by atoms with Gasteiger partial charge in [-0.05, 0) is 62.4 Å². The number of carboxylic acid groups (broad SMARTS) is 1. The van der Waals surface area contributed by atoms with Gasteiger partial charge in [0.05, 0.1) is 29.1 Å². The van der Waals surface area contributed by atoms with Crippen molar-refractivity contribution in [2.24, 2.45) is 0 Å². The summed E-state index contributed by atoms with van der Waals surface area (Å²) in [7, 11) is -2.24. The van der Waals surface area contributed by atoms with Crippen molar-refractivity contribution in [2.45, 2.75) is 18.7 Å². The summed E-state index contributed by atoms with van der Waals surface area (Å²) in [6.07, 6.45) is 0. The molecule has 1 heterocycles. The van der Waals surface area contributed by atoms with Gasteiger partial charge in [-0.2, -0.15) is 5.10 Å². The maximum atomic E-state index is 12.5. The molecule has 9 heteroatoms. The number of rotatable bonds is 6. The first kappa shape index (κ1) is 19.4. The molecular weight excluding hydrogens is 382 g/mol. The molecule has 0 aliphatic carbocycles. The van der Waals surface area contributed by atoms with Crippen molar-refractivity contribution in [2.75, 3.05) is 11.8 Å². The number of methoxy groups -OCH3 is 1. The Hall–Kier alpha value is -3.33. The summed E-state index contributed by atoms with van der Waals surface area (Å²) in [5.41, 5.74) is 2.06. The number of ether oxygens (including phenoxy) is 1. The highest BCUT2D eigenvalue weighted by molar-refractivity contribution is 7.92. The molecule has 0 radical (unpaired) electrons. The van der Waals surface area contributed by atoms with E-state index < -0.39 is 16.0 Å². The van der Waals surface area contributed by atoms with Crippen LogP contribution in [-0.2, 0) is 10.0 Å². The van der Waals surface area contributed by atoms with Crippen molar-refractivity contribution in [3.8, 4) is 11.4 Å². The molecule has 0 unspecified atom stereocenters. The number of nitrogens with one attached hydrogen (secondary N) is 1. The van der Waals surface area contributed by atoms with E-state index in [2.05, 4.69) is 9.82 Å². The predicted octanol–water partition coefficient (Wildman–Crippen LogP) is 3.00. The van der Waals surface area contributed by atoms with Crippen LogP contribution in [0.2, 0.25) is 0 Å². The first-order valence-corrected chi connectivity index (χ1v) is 9.78. The zero-order valence-electron chi connectivity index (χ0n) is 15.5. The van der Waals surface area contributed by atoms with Crippen LogP contribution in [0.25, 0.3) is 5.69 Å². The lowest BCUT2D eigenvalue weighted by molar-refractivity contribution is 0.0695. The number of carboxylic acids is 1. The first-order chi connectivity index (χ1) is 13.2. The predicted molar refractivity (Wildman–Crippen MR) is 104 cm³/mol. The molecule has 0 saturated heterocycles. The van der Waals surface area contributed by atoms with Gasteiger partial charge in [-0.1, -0.05) is 0 Å². The van der Waals surface area contributed by atoms with Crippen LogP contribution in [0.5, 0.6) is 5.75 Å². The summed E-state index contributed by atoms with van der Waals surface area (Å²) >= 11 is 0. The molecule has 0 fully saturated rings. The summed E-state index contributed by atoms with van der Waals surface area (Å²) < 4.78 is 34.0. The fourth-order valence-electron chi connectivity index (χ4n) is 2.84. The molecule has 146 valence electrons. The zero-order valence-corrected chi connectivity index (χ0v) is 16.3. The molecule has 28 heavy (non-hydrogen) atoms. The van der Waals surface area contributed by atoms with E-state index in [0.717, 1.165) is 0 Å². The lowest BCUT2D eigenvalue weighted by Gasteiger charge is -2.10. The standard InChI is InChI=1S/C19H19N3O5S/c1-12-18(19(23)24)13(2)22(20-12)15-6-4-14(5-7-15)21-28(25,26)17-10-8-16(27-3)9-11-17/h4-11,21H,1-3H3,(H,23,24). The Morgan fingerprint density at radius 3 is 2.18 bits per heavy atom. The normalized spacial score (nSPS) is 11.2. The number of benzene rings is 2. The molecule has 0 saturated carbocycles. The van der Waals surface area contributed by atoms with Crippen molar-refractivity contribution in [1.29, 1.82) is 0 Å². The van der Waals surface area contributed by atoms with Gasteiger partial charge in [0.15, 0.2) is 0 Å². The molecule has 0 aliphatic rings. The van der Waals surface area contributed by atoms with Gasteiger partial charge in [-0.15, -0.1) is 0 Å². The van der Waals surface area contributed by atoms with Crippen molar-refractivity contribution in [3.63, 3.8) is 0 Å². The zero-order chi connectivity index (χ0) is 20.5. The molecule has 1 aromatic heterocycles. The average molecular weight is 401 g/mol. The number of aryl methyl sites for hydroxylation is 1. The third-order valence-corrected chi connectivity index (χ3v) is 5.64. The van der Waals surface area contributed by atoms with E-state index in [0.29, 0.717) is 28.5 Å². The molecule has 2 aromatic carbocycles. The lowest BCUT2D eigenvalue weighted by atomic mass is 10.2. The van der Waals surface area contributed by atoms with Gasteiger partial charge in [0.25, 0.3) is 10.0 Å². The van der Waals surface area contributed by atoms with Crippen LogP contribution in [0.3, 0.4) is 0 Å². The van der Waals surface area contributed by atoms with Gasteiger partial charge in [-0.25, -0.2) is 17.9 Å². The second-order valence-corrected chi connectivity index (χ2v) is 7.77. The number of aromatic carboxylic acids is 1. The molecular formula is C19H19N3O5S. The molecule has 0 bridgehead atoms. The van der Waals surface area contributed by atoms with Gasteiger partial charge in [0.2, 0.25) is 0 Å². The van der Waals surface area contributed by atoms with E-state index in [-0.39, 0.29) is 10.5 Å². The SMILES string of the molecule is COc1ccc(S(=O)(=O)Nc2ccc(-n3nc(C)c(C(=O)O)c3C)cc2)cc1. The van der Waals surface area contributed by atoms with Crippen molar-refractivity contribution < 1.29 is 23.1 Å². The van der Waals surface area contributed by atoms with Crippen LogP contribution in [-0.4, -0.2) is 36.4 Å². The second kappa shape index (κ2) is 7.35. The smallest absolute Gasteiger partial charge is 0.339 e. The van der Waals surface area contributed by atoms with Crippen LogP contribution < -0.4 is 9.46 Å². The largest absolute Gasteiger partial charge is 0.497 e. The Balaban J connectivity index is 1.85. The summed E-state index contributed by atoms with van der Waals surface area (Å²) in [5.74, 6) is -0.473. The Bertz CT molecular complexity index is 1120. The van der Waals surface area contributed by atoms with E-state index in [1.165, 1.54) is 23.9 Å². The van der Waals surface area contributed by atoms with Crippen molar-refractivity contribution in [3.05, 3.63) is 65.5 Å². The van der Waals surface area contributed by atoms with E-state index in [4.69, 9.17) is 4.74 Å². The molecule has 0 amide bonds. The lowest BCUT2D eigenvalue weighted by Crippen LogP contribution is -2.13. The third kappa shape index (κ3) is 3.70. The minimum Gasteiger partial charge on any atom is -0.497 e. The Morgan fingerprint density at radius 2 is 1.68 bits per heavy atom. The summed E-state index contributed by atoms with van der Waals surface area (Å²) in [4.78, 5) is 11.4. The minimum atomic E-state index is -3.74. The summed E-state index contributed by atoms with van der Waals surface area (Å²) in [6.45, 7) is 3.30. The van der Waals surface area contributed by atoms with E-state index >= 15 is 0 Å². The van der Waals surface area contributed by atoms with Gasteiger partial charge >= 0.3 is 5.97 Å². The fourth-order valence-corrected chi connectivity index (χ4v) is 3.90. The summed E-state index contributed by atoms with van der Waals surface area (Å²) in [6, 6.07) is 12.6. The number of hydrogen-bond donors (Lipinski definition) is 2. The number of sulfonamides is 1. The Morgan fingerprint density at radius 1 is 1.07 bits per heavy atom. The molecule has 8 nitrogen and oxygen atoms in total. The van der Waals surface area contributed by atoms with Gasteiger partial charge in [0, 0.05) is 5.69 Å². The quantitative estimate of drug-likeness (QED) is 0.657. The number of hydrogen-bond acceptors (Lipinski definition) is 5. The number of anilines is 1. The van der Waals surface area contributed by atoms with E-state index in [9.17, 15) is 18.3 Å². The molecule has 0 spiro atoms.